The molecule has 0 aliphatic carbocycles. The van der Waals surface area contributed by atoms with Crippen LogP contribution in [0.5, 0.6) is 0 Å². The average molecular weight is 230 g/mol. The molecule has 0 heterocycles. The molecule has 0 aromatic heterocycles. The number of aliphatic hydroxyl groups excluding tert-OH is 1. The highest BCUT2D eigenvalue weighted by atomic mass is 127. The summed E-state index contributed by atoms with van der Waals surface area (Å²) in [5, 5.41) is 16.5. The van der Waals surface area contributed by atoms with Gasteiger partial charge < -0.3 is 10.2 Å². The second-order valence-electron chi connectivity index (χ2n) is 1.37. The van der Waals surface area contributed by atoms with E-state index in [1.165, 1.54) is 0 Å². The number of alkyl halides is 1. The van der Waals surface area contributed by atoms with E-state index in [4.69, 9.17) is 10.2 Å². The smallest absolute Gasteiger partial charge is 0.309 e. The van der Waals surface area contributed by atoms with Crippen molar-refractivity contribution in [3.05, 3.63) is 0 Å². The van der Waals surface area contributed by atoms with Gasteiger partial charge in [-0.25, -0.2) is 0 Å². The lowest BCUT2D eigenvalue weighted by Crippen LogP contribution is -2.18. The summed E-state index contributed by atoms with van der Waals surface area (Å²) >= 11 is 1.92. The van der Waals surface area contributed by atoms with Crippen molar-refractivity contribution in [2.24, 2.45) is 5.92 Å². The van der Waals surface area contributed by atoms with Crippen molar-refractivity contribution in [1.29, 1.82) is 0 Å². The number of rotatable bonds is 3. The van der Waals surface area contributed by atoms with Gasteiger partial charge in [0.15, 0.2) is 0 Å². The van der Waals surface area contributed by atoms with E-state index in [1.807, 2.05) is 22.6 Å². The Labute approximate surface area is 60.8 Å². The molecule has 4 heteroatoms. The average Bonchev–Trinajstić information content (AvgIpc) is 1.69. The molecule has 0 unspecified atom stereocenters. The largest absolute Gasteiger partial charge is 0.481 e. The topological polar surface area (TPSA) is 57.5 Å². The zero-order valence-electron chi connectivity index (χ0n) is 4.17. The van der Waals surface area contributed by atoms with Crippen molar-refractivity contribution in [2.75, 3.05) is 11.0 Å². The molecule has 0 saturated carbocycles. The summed E-state index contributed by atoms with van der Waals surface area (Å²) < 4.78 is 0.462. The fraction of sp³-hybridized carbons (Fsp3) is 0.750. The van der Waals surface area contributed by atoms with E-state index in [2.05, 4.69) is 0 Å². The van der Waals surface area contributed by atoms with Crippen LogP contribution in [0.25, 0.3) is 0 Å². The third-order valence-corrected chi connectivity index (χ3v) is 1.82. The first kappa shape index (κ1) is 8.16. The zero-order chi connectivity index (χ0) is 6.57. The van der Waals surface area contributed by atoms with Gasteiger partial charge in [-0.2, -0.15) is 0 Å². The highest BCUT2D eigenvalue weighted by Gasteiger charge is 2.12. The lowest BCUT2D eigenvalue weighted by molar-refractivity contribution is -0.141. The van der Waals surface area contributed by atoms with E-state index in [-0.39, 0.29) is 6.61 Å². The second kappa shape index (κ2) is 4.08. The third-order valence-electron chi connectivity index (χ3n) is 0.756. The number of carbonyl (C=O) groups is 1. The lowest BCUT2D eigenvalue weighted by Gasteiger charge is -2.00. The Morgan fingerprint density at radius 3 is 2.25 bits per heavy atom. The van der Waals surface area contributed by atoms with E-state index in [0.29, 0.717) is 4.43 Å². The Hall–Kier alpha value is 0.160. The zero-order valence-corrected chi connectivity index (χ0v) is 6.33. The first-order valence-electron chi connectivity index (χ1n) is 2.12. The number of aliphatic hydroxyl groups is 1. The van der Waals surface area contributed by atoms with E-state index in [0.717, 1.165) is 0 Å². The summed E-state index contributed by atoms with van der Waals surface area (Å²) in [6.07, 6.45) is 0. The van der Waals surface area contributed by atoms with Crippen LogP contribution in [0.2, 0.25) is 0 Å². The second-order valence-corrected chi connectivity index (χ2v) is 2.25. The summed E-state index contributed by atoms with van der Waals surface area (Å²) in [5.41, 5.74) is 0. The molecule has 0 aliphatic rings. The van der Waals surface area contributed by atoms with E-state index in [1.54, 1.807) is 0 Å². The molecule has 48 valence electrons. The highest BCUT2D eigenvalue weighted by molar-refractivity contribution is 14.1. The predicted molar refractivity (Wildman–Crippen MR) is 37.1 cm³/mol. The van der Waals surface area contributed by atoms with Crippen LogP contribution < -0.4 is 0 Å². The van der Waals surface area contributed by atoms with E-state index < -0.39 is 11.9 Å². The Morgan fingerprint density at radius 1 is 1.75 bits per heavy atom. The fourth-order valence-corrected chi connectivity index (χ4v) is 0.848. The quantitative estimate of drug-likeness (QED) is 0.534. The minimum atomic E-state index is -0.929. The molecule has 0 fully saturated rings. The minimum absolute atomic E-state index is 0.266. The molecule has 0 spiro atoms. The maximum absolute atomic E-state index is 10.00. The van der Waals surface area contributed by atoms with Gasteiger partial charge in [-0.1, -0.05) is 22.6 Å². The van der Waals surface area contributed by atoms with Gasteiger partial charge in [-0.05, 0) is 0 Å². The number of halogens is 1. The summed E-state index contributed by atoms with van der Waals surface area (Å²) in [6, 6.07) is 0. The summed E-state index contributed by atoms with van der Waals surface area (Å²) in [5.74, 6) is -1.52. The SMILES string of the molecule is O=C(O)[C@H](CO)CI. The van der Waals surface area contributed by atoms with Crippen molar-refractivity contribution in [2.45, 2.75) is 0 Å². The summed E-state index contributed by atoms with van der Waals surface area (Å²) in [4.78, 5) is 10.00. The number of hydrogen-bond acceptors (Lipinski definition) is 2. The lowest BCUT2D eigenvalue weighted by atomic mass is 10.2. The molecule has 0 saturated heterocycles. The van der Waals surface area contributed by atoms with Gasteiger partial charge in [0.25, 0.3) is 0 Å². The molecule has 0 rings (SSSR count). The van der Waals surface area contributed by atoms with E-state index >= 15 is 0 Å². The highest BCUT2D eigenvalue weighted by Crippen LogP contribution is 1.99. The first-order valence-corrected chi connectivity index (χ1v) is 3.64. The standard InChI is InChI=1S/C4H7IO3/c5-1-3(2-6)4(7)8/h3,6H,1-2H2,(H,7,8)/t3-/m0/s1. The molecule has 0 bridgehead atoms. The van der Waals surface area contributed by atoms with Gasteiger partial charge in [-0.15, -0.1) is 0 Å². The van der Waals surface area contributed by atoms with Gasteiger partial charge in [0.05, 0.1) is 12.5 Å². The van der Waals surface area contributed by atoms with Crippen molar-refractivity contribution >= 4 is 28.6 Å². The Morgan fingerprint density at radius 2 is 2.25 bits per heavy atom. The van der Waals surface area contributed by atoms with Crippen LogP contribution in [0.1, 0.15) is 0 Å². The van der Waals surface area contributed by atoms with Crippen molar-refractivity contribution in [3.8, 4) is 0 Å². The molecule has 0 aliphatic heterocycles. The number of hydrogen-bond donors (Lipinski definition) is 2. The van der Waals surface area contributed by atoms with Gasteiger partial charge >= 0.3 is 5.97 Å². The van der Waals surface area contributed by atoms with E-state index in [9.17, 15) is 4.79 Å². The normalized spacial score (nSPS) is 13.2. The molecule has 8 heavy (non-hydrogen) atoms. The molecular formula is C4H7IO3. The van der Waals surface area contributed by atoms with Crippen LogP contribution in [-0.2, 0) is 4.79 Å². The van der Waals surface area contributed by atoms with Gasteiger partial charge in [0.2, 0.25) is 0 Å². The molecule has 1 atom stereocenters. The van der Waals surface area contributed by atoms with Gasteiger partial charge in [-0.3, -0.25) is 4.79 Å². The number of carboxylic acids is 1. The maximum Gasteiger partial charge on any atom is 0.309 e. The molecule has 0 amide bonds. The van der Waals surface area contributed by atoms with Crippen LogP contribution >= 0.6 is 22.6 Å². The Bertz CT molecular complexity index is 79.4. The molecule has 2 N–H and O–H groups in total. The minimum Gasteiger partial charge on any atom is -0.481 e. The van der Waals surface area contributed by atoms with Crippen LogP contribution in [0.3, 0.4) is 0 Å². The summed E-state index contributed by atoms with van der Waals surface area (Å²) in [7, 11) is 0. The predicted octanol–water partition coefficient (Wildman–Crippen LogP) is 0.114. The van der Waals surface area contributed by atoms with Crippen LogP contribution in [0.15, 0.2) is 0 Å². The van der Waals surface area contributed by atoms with Crippen molar-refractivity contribution < 1.29 is 15.0 Å². The molecule has 3 nitrogen and oxygen atoms in total. The molecular weight excluding hydrogens is 223 g/mol. The fourth-order valence-electron chi connectivity index (χ4n) is 0.193. The number of carboxylic acid groups (broad SMARTS) is 1. The third kappa shape index (κ3) is 2.46. The van der Waals surface area contributed by atoms with Crippen molar-refractivity contribution in [1.82, 2.24) is 0 Å². The van der Waals surface area contributed by atoms with Crippen LogP contribution in [0.4, 0.5) is 0 Å². The van der Waals surface area contributed by atoms with Crippen molar-refractivity contribution in [3.63, 3.8) is 0 Å². The number of aliphatic carboxylic acids is 1. The van der Waals surface area contributed by atoms with Gasteiger partial charge in [0.1, 0.15) is 0 Å². The molecule has 0 aromatic rings. The molecule has 0 radical (unpaired) electrons. The van der Waals surface area contributed by atoms with Crippen LogP contribution in [-0.4, -0.2) is 27.2 Å². The Kier molecular flexibility index (Phi) is 4.16. The Balaban J connectivity index is 3.52. The monoisotopic (exact) mass is 230 g/mol. The molecule has 0 aromatic carbocycles. The van der Waals surface area contributed by atoms with Gasteiger partial charge in [0, 0.05) is 4.43 Å². The maximum atomic E-state index is 10.00. The first-order chi connectivity index (χ1) is 3.72. The summed E-state index contributed by atoms with van der Waals surface area (Å²) in [6.45, 7) is -0.266. The van der Waals surface area contributed by atoms with Crippen LogP contribution in [0, 0.1) is 5.92 Å².